The van der Waals surface area contributed by atoms with Crippen molar-refractivity contribution in [3.63, 3.8) is 0 Å². The summed E-state index contributed by atoms with van der Waals surface area (Å²) in [5, 5.41) is 3.60. The number of anilines is 1. The molecule has 2 atom stereocenters. The zero-order valence-corrected chi connectivity index (χ0v) is 13.4. The van der Waals surface area contributed by atoms with Crippen molar-refractivity contribution in [2.45, 2.75) is 45.2 Å². The van der Waals surface area contributed by atoms with Crippen molar-refractivity contribution in [1.29, 1.82) is 0 Å². The monoisotopic (exact) mass is 328 g/mol. The molecule has 0 aromatic heterocycles. The number of nitrogens with zero attached hydrogens (tertiary/aromatic N) is 1. The summed E-state index contributed by atoms with van der Waals surface area (Å²) in [6, 6.07) is 5.53. The van der Waals surface area contributed by atoms with E-state index < -0.39 is 0 Å². The van der Waals surface area contributed by atoms with Crippen molar-refractivity contribution in [3.8, 4) is 0 Å². The third kappa shape index (κ3) is 3.11. The van der Waals surface area contributed by atoms with E-state index >= 15 is 0 Å². The summed E-state index contributed by atoms with van der Waals surface area (Å²) in [6.07, 6.45) is 2.05. The molecule has 2 rings (SSSR count). The highest BCUT2D eigenvalue weighted by atomic mass is 79.9. The average molecular weight is 329 g/mol. The van der Waals surface area contributed by atoms with E-state index in [0.29, 0.717) is 11.7 Å². The van der Waals surface area contributed by atoms with E-state index in [-0.39, 0.29) is 11.4 Å². The molecule has 0 bridgehead atoms. The number of benzene rings is 1. The fourth-order valence-electron chi connectivity index (χ4n) is 2.62. The molecule has 1 N–H and O–H groups in total. The van der Waals surface area contributed by atoms with Crippen molar-refractivity contribution in [3.05, 3.63) is 28.5 Å². The fourth-order valence-corrected chi connectivity index (χ4v) is 2.97. The molecule has 19 heavy (non-hydrogen) atoms. The Labute approximate surface area is 123 Å². The van der Waals surface area contributed by atoms with Gasteiger partial charge in [0.25, 0.3) is 0 Å². The lowest BCUT2D eigenvalue weighted by Crippen LogP contribution is -2.63. The topological polar surface area (TPSA) is 15.3 Å². The smallest absolute Gasteiger partial charge is 0.146 e. The minimum atomic E-state index is -0.137. The summed E-state index contributed by atoms with van der Waals surface area (Å²) in [6.45, 7) is 8.29. The lowest BCUT2D eigenvalue weighted by Gasteiger charge is -2.47. The third-order valence-corrected chi connectivity index (χ3v) is 4.69. The lowest BCUT2D eigenvalue weighted by atomic mass is 9.92. The van der Waals surface area contributed by atoms with Gasteiger partial charge in [-0.05, 0) is 38.0 Å². The standard InChI is InChI=1S/C15H22BrFN2/c1-4-12-9-18-15(3,5-2)10-19(12)14-8-11(16)6-7-13(14)17/h6-8,12,18H,4-5,9-10H2,1-3H3. The van der Waals surface area contributed by atoms with E-state index in [9.17, 15) is 4.39 Å². The summed E-state index contributed by atoms with van der Waals surface area (Å²) in [5.74, 6) is -0.137. The van der Waals surface area contributed by atoms with Crippen LogP contribution in [0.15, 0.2) is 22.7 Å². The van der Waals surface area contributed by atoms with E-state index in [1.54, 1.807) is 6.07 Å². The normalized spacial score (nSPS) is 27.6. The first-order valence-electron chi connectivity index (χ1n) is 6.96. The molecule has 1 saturated heterocycles. The van der Waals surface area contributed by atoms with E-state index in [4.69, 9.17) is 0 Å². The zero-order valence-electron chi connectivity index (χ0n) is 11.8. The Hall–Kier alpha value is -0.610. The minimum Gasteiger partial charge on any atom is -0.363 e. The first-order chi connectivity index (χ1) is 8.99. The Bertz CT molecular complexity index is 452. The predicted octanol–water partition coefficient (Wildman–Crippen LogP) is 3.95. The van der Waals surface area contributed by atoms with Gasteiger partial charge < -0.3 is 10.2 Å². The molecule has 2 nitrogen and oxygen atoms in total. The van der Waals surface area contributed by atoms with Crippen LogP contribution in [0.3, 0.4) is 0 Å². The zero-order chi connectivity index (χ0) is 14.0. The lowest BCUT2D eigenvalue weighted by molar-refractivity contribution is 0.274. The van der Waals surface area contributed by atoms with Gasteiger partial charge in [0.1, 0.15) is 5.82 Å². The van der Waals surface area contributed by atoms with Crippen LogP contribution < -0.4 is 10.2 Å². The minimum absolute atomic E-state index is 0.0560. The molecule has 0 amide bonds. The van der Waals surface area contributed by atoms with Crippen LogP contribution in [0.4, 0.5) is 10.1 Å². The van der Waals surface area contributed by atoms with Crippen LogP contribution in [0, 0.1) is 5.82 Å². The van der Waals surface area contributed by atoms with Crippen LogP contribution in [0.5, 0.6) is 0 Å². The van der Waals surface area contributed by atoms with Gasteiger partial charge in [-0.2, -0.15) is 0 Å². The molecule has 0 spiro atoms. The molecule has 1 heterocycles. The molecular weight excluding hydrogens is 307 g/mol. The molecular formula is C15H22BrFN2. The van der Waals surface area contributed by atoms with Crippen LogP contribution in [0.2, 0.25) is 0 Å². The molecule has 0 aliphatic carbocycles. The SMILES string of the molecule is CCC1CNC(C)(CC)CN1c1cc(Br)ccc1F. The quantitative estimate of drug-likeness (QED) is 0.903. The Morgan fingerprint density at radius 1 is 1.47 bits per heavy atom. The summed E-state index contributed by atoms with van der Waals surface area (Å²) >= 11 is 3.44. The Balaban J connectivity index is 2.35. The third-order valence-electron chi connectivity index (χ3n) is 4.19. The maximum atomic E-state index is 14.1. The van der Waals surface area contributed by atoms with Gasteiger partial charge in [0.15, 0.2) is 0 Å². The molecule has 1 aromatic carbocycles. The van der Waals surface area contributed by atoms with Gasteiger partial charge in [0.05, 0.1) is 5.69 Å². The number of halogens is 2. The van der Waals surface area contributed by atoms with Gasteiger partial charge in [0.2, 0.25) is 0 Å². The Kier molecular flexibility index (Phi) is 4.51. The van der Waals surface area contributed by atoms with Gasteiger partial charge in [0, 0.05) is 29.1 Å². The molecule has 1 aliphatic rings. The summed E-state index contributed by atoms with van der Waals surface area (Å²) in [4.78, 5) is 2.22. The first-order valence-corrected chi connectivity index (χ1v) is 7.75. The molecule has 0 radical (unpaired) electrons. The van der Waals surface area contributed by atoms with Gasteiger partial charge in [-0.3, -0.25) is 0 Å². The van der Waals surface area contributed by atoms with Gasteiger partial charge in [-0.1, -0.05) is 29.8 Å². The maximum Gasteiger partial charge on any atom is 0.146 e. The van der Waals surface area contributed by atoms with Crippen LogP contribution in [0.1, 0.15) is 33.6 Å². The molecule has 1 aliphatic heterocycles. The Morgan fingerprint density at radius 2 is 2.21 bits per heavy atom. The highest BCUT2D eigenvalue weighted by molar-refractivity contribution is 9.10. The van der Waals surface area contributed by atoms with E-state index in [1.165, 1.54) is 6.07 Å². The van der Waals surface area contributed by atoms with Crippen molar-refractivity contribution in [2.24, 2.45) is 0 Å². The number of nitrogens with one attached hydrogen (secondary N) is 1. The van der Waals surface area contributed by atoms with Crippen molar-refractivity contribution >= 4 is 21.6 Å². The molecule has 1 aromatic rings. The maximum absolute atomic E-state index is 14.1. The average Bonchev–Trinajstić information content (AvgIpc) is 2.41. The van der Waals surface area contributed by atoms with Gasteiger partial charge >= 0.3 is 0 Å². The second-order valence-electron chi connectivity index (χ2n) is 5.58. The number of hydrogen-bond acceptors (Lipinski definition) is 2. The highest BCUT2D eigenvalue weighted by Crippen LogP contribution is 2.30. The number of hydrogen-bond donors (Lipinski definition) is 1. The predicted molar refractivity (Wildman–Crippen MR) is 82.2 cm³/mol. The van der Waals surface area contributed by atoms with Crippen LogP contribution in [-0.2, 0) is 0 Å². The van der Waals surface area contributed by atoms with Crippen molar-refractivity contribution < 1.29 is 4.39 Å². The van der Waals surface area contributed by atoms with Crippen molar-refractivity contribution in [2.75, 3.05) is 18.0 Å². The van der Waals surface area contributed by atoms with E-state index in [1.807, 2.05) is 6.07 Å². The highest BCUT2D eigenvalue weighted by Gasteiger charge is 2.34. The molecule has 1 fully saturated rings. The van der Waals surface area contributed by atoms with Gasteiger partial charge in [-0.25, -0.2) is 4.39 Å². The summed E-state index contributed by atoms with van der Waals surface area (Å²) < 4.78 is 15.1. The van der Waals surface area contributed by atoms with Crippen LogP contribution in [0.25, 0.3) is 0 Å². The molecule has 0 saturated carbocycles. The number of piperazine rings is 1. The second kappa shape index (κ2) is 5.80. The first kappa shape index (κ1) is 14.8. The van der Waals surface area contributed by atoms with Crippen molar-refractivity contribution in [1.82, 2.24) is 5.32 Å². The van der Waals surface area contributed by atoms with Crippen LogP contribution in [-0.4, -0.2) is 24.7 Å². The van der Waals surface area contributed by atoms with Crippen LogP contribution >= 0.6 is 15.9 Å². The number of rotatable bonds is 3. The second-order valence-corrected chi connectivity index (χ2v) is 6.50. The van der Waals surface area contributed by atoms with E-state index in [0.717, 1.165) is 30.4 Å². The van der Waals surface area contributed by atoms with Gasteiger partial charge in [-0.15, -0.1) is 0 Å². The summed E-state index contributed by atoms with van der Waals surface area (Å²) in [5.41, 5.74) is 0.767. The Morgan fingerprint density at radius 3 is 2.84 bits per heavy atom. The fraction of sp³-hybridized carbons (Fsp3) is 0.600. The molecule has 4 heteroatoms. The molecule has 106 valence electrons. The van der Waals surface area contributed by atoms with E-state index in [2.05, 4.69) is 46.9 Å². The molecule has 2 unspecified atom stereocenters. The summed E-state index contributed by atoms with van der Waals surface area (Å²) in [7, 11) is 0. The largest absolute Gasteiger partial charge is 0.363 e.